The molecule has 53 heavy (non-hydrogen) atoms. The van der Waals surface area contributed by atoms with E-state index in [1.165, 1.54) is 13.8 Å². The van der Waals surface area contributed by atoms with Gasteiger partial charge in [-0.2, -0.15) is 0 Å². The lowest BCUT2D eigenvalue weighted by molar-refractivity contribution is -0.132. The summed E-state index contributed by atoms with van der Waals surface area (Å²) in [6, 6.07) is 31.2. The molecule has 0 aliphatic rings. The fourth-order valence-electron chi connectivity index (χ4n) is 5.61. The number of benzene rings is 4. The molecule has 0 bridgehead atoms. The van der Waals surface area contributed by atoms with Crippen molar-refractivity contribution in [2.75, 3.05) is 5.32 Å². The smallest absolute Gasteiger partial charge is 0.408 e. The molecule has 0 saturated carbocycles. The third-order valence-electron chi connectivity index (χ3n) is 8.25. The Morgan fingerprint density at radius 3 is 1.53 bits per heavy atom. The lowest BCUT2D eigenvalue weighted by atomic mass is 9.77. The van der Waals surface area contributed by atoms with Crippen molar-refractivity contribution < 1.29 is 33.8 Å². The summed E-state index contributed by atoms with van der Waals surface area (Å²) in [4.78, 5) is 66.6. The van der Waals surface area contributed by atoms with Crippen LogP contribution in [0.2, 0.25) is 0 Å². The fourth-order valence-corrected chi connectivity index (χ4v) is 5.61. The minimum Gasteiger partial charge on any atom is -0.444 e. The largest absolute Gasteiger partial charge is 0.444 e. The number of carbonyl (C=O) groups excluding carboxylic acids is 5. The lowest BCUT2D eigenvalue weighted by Gasteiger charge is -2.37. The third-order valence-corrected chi connectivity index (χ3v) is 8.25. The Morgan fingerprint density at radius 2 is 1.08 bits per heavy atom. The number of aliphatic hydroxyl groups is 1. The molecule has 0 radical (unpaired) electrons. The van der Waals surface area contributed by atoms with Crippen LogP contribution in [-0.4, -0.2) is 58.6 Å². The molecule has 0 aliphatic heterocycles. The van der Waals surface area contributed by atoms with E-state index in [0.717, 1.165) is 16.7 Å². The first-order valence-corrected chi connectivity index (χ1v) is 17.3. The van der Waals surface area contributed by atoms with E-state index in [-0.39, 0.29) is 6.61 Å². The maximum atomic E-state index is 14.3. The van der Waals surface area contributed by atoms with Crippen molar-refractivity contribution in [3.63, 3.8) is 0 Å². The number of carbonyl (C=O) groups is 5. The van der Waals surface area contributed by atoms with Crippen molar-refractivity contribution >= 4 is 35.4 Å². The van der Waals surface area contributed by atoms with Gasteiger partial charge in [-0.05, 0) is 69.0 Å². The predicted molar refractivity (Wildman–Crippen MR) is 201 cm³/mol. The second kappa shape index (κ2) is 18.0. The first-order chi connectivity index (χ1) is 25.2. The first kappa shape index (κ1) is 39.8. The molecule has 12 heteroatoms. The predicted octanol–water partition coefficient (Wildman–Crippen LogP) is 4.52. The molecule has 5 amide bonds. The quantitative estimate of drug-likeness (QED) is 0.104. The number of hydrogen-bond acceptors (Lipinski definition) is 7. The van der Waals surface area contributed by atoms with Crippen LogP contribution in [0.3, 0.4) is 0 Å². The highest BCUT2D eigenvalue weighted by atomic mass is 16.6. The number of hydrogen-bond donors (Lipinski definition) is 6. The molecule has 278 valence electrons. The molecule has 4 aromatic rings. The van der Waals surface area contributed by atoms with Crippen LogP contribution in [0.5, 0.6) is 0 Å². The number of ether oxygens (including phenoxy) is 1. The van der Waals surface area contributed by atoms with Crippen LogP contribution in [0.1, 0.15) is 63.3 Å². The molecule has 0 spiro atoms. The number of rotatable bonds is 14. The molecular weight excluding hydrogens is 674 g/mol. The van der Waals surface area contributed by atoms with Gasteiger partial charge in [-0.15, -0.1) is 0 Å². The highest BCUT2D eigenvalue weighted by Gasteiger charge is 2.39. The standard InChI is InChI=1S/C41H47N5O7/c1-27(42-36(49)28(2)43-39(52)53-40(3,4)5)37(50)45-34(38(51)44-33-23-21-29(26-47)22-24-33)25-35(48)46-41(30-15-9-6-10-16-30,31-17-11-7-12-18-31)32-19-13-8-14-20-32/h6-24,27-28,34,47H,25-26H2,1-5H3,(H,42,49)(H,43,52)(H,44,51)(H,45,50)(H,46,48). The van der Waals surface area contributed by atoms with E-state index in [1.807, 2.05) is 91.0 Å². The van der Waals surface area contributed by atoms with E-state index in [1.54, 1.807) is 45.0 Å². The van der Waals surface area contributed by atoms with E-state index in [2.05, 4.69) is 26.6 Å². The van der Waals surface area contributed by atoms with Gasteiger partial charge in [0.2, 0.25) is 23.6 Å². The van der Waals surface area contributed by atoms with Crippen LogP contribution in [0.15, 0.2) is 115 Å². The fraction of sp³-hybridized carbons (Fsp3) is 0.293. The van der Waals surface area contributed by atoms with E-state index < -0.39 is 65.4 Å². The number of anilines is 1. The summed E-state index contributed by atoms with van der Waals surface area (Å²) < 4.78 is 5.20. The molecule has 3 atom stereocenters. The molecule has 12 nitrogen and oxygen atoms in total. The SMILES string of the molecule is CC(NC(=O)OC(C)(C)C)C(=O)NC(C)C(=O)NC(CC(=O)NC(c1ccccc1)(c1ccccc1)c1ccccc1)C(=O)Nc1ccc(CO)cc1. The second-order valence-corrected chi connectivity index (χ2v) is 13.6. The topological polar surface area (TPSA) is 175 Å². The molecule has 3 unspecified atom stereocenters. The Bertz CT molecular complexity index is 1750. The van der Waals surface area contributed by atoms with Gasteiger partial charge in [0.1, 0.15) is 29.3 Å². The summed E-state index contributed by atoms with van der Waals surface area (Å²) in [5.41, 5.74) is 1.36. The summed E-state index contributed by atoms with van der Waals surface area (Å²) >= 11 is 0. The first-order valence-electron chi connectivity index (χ1n) is 17.3. The van der Waals surface area contributed by atoms with Gasteiger partial charge < -0.3 is 36.4 Å². The zero-order chi connectivity index (χ0) is 38.6. The van der Waals surface area contributed by atoms with Gasteiger partial charge in [0.05, 0.1) is 13.0 Å². The van der Waals surface area contributed by atoms with Crippen LogP contribution in [0.4, 0.5) is 10.5 Å². The van der Waals surface area contributed by atoms with Gasteiger partial charge in [0.25, 0.3) is 0 Å². The summed E-state index contributed by atoms with van der Waals surface area (Å²) in [5.74, 6) is -2.65. The van der Waals surface area contributed by atoms with Gasteiger partial charge in [-0.25, -0.2) is 4.79 Å². The average molecular weight is 722 g/mol. The highest BCUT2D eigenvalue weighted by Crippen LogP contribution is 2.37. The Labute approximate surface area is 309 Å². The minimum atomic E-state index is -1.39. The monoisotopic (exact) mass is 721 g/mol. The van der Waals surface area contributed by atoms with Crippen LogP contribution in [0, 0.1) is 0 Å². The van der Waals surface area contributed by atoms with E-state index in [9.17, 15) is 29.1 Å². The van der Waals surface area contributed by atoms with E-state index >= 15 is 0 Å². The van der Waals surface area contributed by atoms with Crippen LogP contribution < -0.4 is 26.6 Å². The molecule has 4 aromatic carbocycles. The molecular formula is C41H47N5O7. The Morgan fingerprint density at radius 1 is 0.623 bits per heavy atom. The molecule has 0 heterocycles. The lowest BCUT2D eigenvalue weighted by Crippen LogP contribution is -2.56. The summed E-state index contributed by atoms with van der Waals surface area (Å²) in [5, 5.41) is 23.0. The summed E-state index contributed by atoms with van der Waals surface area (Å²) in [6.07, 6.45) is -1.28. The maximum Gasteiger partial charge on any atom is 0.408 e. The minimum absolute atomic E-state index is 0.186. The molecule has 0 saturated heterocycles. The summed E-state index contributed by atoms with van der Waals surface area (Å²) in [6.45, 7) is 7.73. The summed E-state index contributed by atoms with van der Waals surface area (Å²) in [7, 11) is 0. The van der Waals surface area contributed by atoms with Gasteiger partial charge in [-0.1, -0.05) is 103 Å². The Hall–Kier alpha value is -6.01. The van der Waals surface area contributed by atoms with Crippen molar-refractivity contribution in [2.45, 2.75) is 76.9 Å². The number of aliphatic hydroxyl groups excluding tert-OH is 1. The van der Waals surface area contributed by atoms with Gasteiger partial charge in [0.15, 0.2) is 0 Å². The van der Waals surface area contributed by atoms with Crippen molar-refractivity contribution in [1.82, 2.24) is 21.3 Å². The van der Waals surface area contributed by atoms with Gasteiger partial charge in [-0.3, -0.25) is 19.2 Å². The van der Waals surface area contributed by atoms with Crippen LogP contribution >= 0.6 is 0 Å². The average Bonchev–Trinajstić information content (AvgIpc) is 3.14. The number of alkyl carbamates (subject to hydrolysis) is 1. The van der Waals surface area contributed by atoms with E-state index in [0.29, 0.717) is 11.3 Å². The van der Waals surface area contributed by atoms with Crippen molar-refractivity contribution in [1.29, 1.82) is 0 Å². The Balaban J connectivity index is 1.61. The molecule has 0 aliphatic carbocycles. The maximum absolute atomic E-state index is 14.3. The van der Waals surface area contributed by atoms with Gasteiger partial charge >= 0.3 is 6.09 Å². The zero-order valence-corrected chi connectivity index (χ0v) is 30.5. The number of amides is 5. The van der Waals surface area contributed by atoms with Crippen molar-refractivity contribution in [3.05, 3.63) is 138 Å². The molecule has 0 fully saturated rings. The Kier molecular flexibility index (Phi) is 13.5. The van der Waals surface area contributed by atoms with Crippen LogP contribution in [0.25, 0.3) is 0 Å². The zero-order valence-electron chi connectivity index (χ0n) is 30.5. The molecule has 6 N–H and O–H groups in total. The molecule has 0 aromatic heterocycles. The number of nitrogens with one attached hydrogen (secondary N) is 5. The highest BCUT2D eigenvalue weighted by molar-refractivity contribution is 6.01. The normalized spacial score (nSPS) is 13.0. The second-order valence-electron chi connectivity index (χ2n) is 13.6. The van der Waals surface area contributed by atoms with Gasteiger partial charge in [0, 0.05) is 5.69 Å². The van der Waals surface area contributed by atoms with Crippen molar-refractivity contribution in [2.24, 2.45) is 0 Å². The van der Waals surface area contributed by atoms with E-state index in [4.69, 9.17) is 4.74 Å². The van der Waals surface area contributed by atoms with Crippen LogP contribution in [-0.2, 0) is 36.1 Å². The molecule has 4 rings (SSSR count). The third kappa shape index (κ3) is 11.0. The van der Waals surface area contributed by atoms with Crippen molar-refractivity contribution in [3.8, 4) is 0 Å².